The van der Waals surface area contributed by atoms with E-state index in [4.69, 9.17) is 8.42 Å². The second kappa shape index (κ2) is 8.74. The van der Waals surface area contributed by atoms with E-state index in [1.807, 2.05) is 37.4 Å². The number of fused-ring (bicyclic) bond motifs is 2. The Balaban J connectivity index is 0.000000755. The van der Waals surface area contributed by atoms with E-state index in [0.29, 0.717) is 24.2 Å². The van der Waals surface area contributed by atoms with Crippen molar-refractivity contribution in [3.05, 3.63) is 59.8 Å². The second-order valence-electron chi connectivity index (χ2n) is 6.75. The van der Waals surface area contributed by atoms with Gasteiger partial charge in [0.25, 0.3) is 0 Å². The van der Waals surface area contributed by atoms with Gasteiger partial charge in [0.1, 0.15) is 5.82 Å². The number of rotatable bonds is 4. The van der Waals surface area contributed by atoms with Crippen LogP contribution < -0.4 is 10.0 Å². The molecule has 2 N–H and O–H groups in total. The highest BCUT2D eigenvalue weighted by Crippen LogP contribution is 2.22. The lowest BCUT2D eigenvalue weighted by atomic mass is 10.1. The molecule has 3 heterocycles. The van der Waals surface area contributed by atoms with E-state index in [-0.39, 0.29) is 0 Å². The van der Waals surface area contributed by atoms with E-state index in [1.54, 1.807) is 16.9 Å². The summed E-state index contributed by atoms with van der Waals surface area (Å²) in [6.07, 6.45) is 5.18. The van der Waals surface area contributed by atoms with E-state index < -0.39 is 11.6 Å². The number of hydrogen-bond donors (Lipinski definition) is 2. The summed E-state index contributed by atoms with van der Waals surface area (Å²) in [5, 5.41) is 19.6. The molecule has 0 saturated heterocycles. The van der Waals surface area contributed by atoms with Gasteiger partial charge in [-0.15, -0.1) is 0 Å². The molecule has 0 fully saturated rings. The molecule has 10 heteroatoms. The minimum atomic E-state index is -0.750. The first-order valence-electron chi connectivity index (χ1n) is 8.94. The molecule has 0 saturated carbocycles. The van der Waals surface area contributed by atoms with Crippen LogP contribution in [-0.4, -0.2) is 33.2 Å². The van der Waals surface area contributed by atoms with Gasteiger partial charge in [0.15, 0.2) is 5.65 Å². The molecule has 0 aliphatic heterocycles. The zero-order chi connectivity index (χ0) is 21.0. The maximum atomic E-state index is 9.73. The first-order valence-corrected chi connectivity index (χ1v) is 9.61. The van der Waals surface area contributed by atoms with Gasteiger partial charge in [0.2, 0.25) is 18.3 Å². The average molecular weight is 413 g/mol. The van der Waals surface area contributed by atoms with Crippen LogP contribution in [0.25, 0.3) is 16.4 Å². The van der Waals surface area contributed by atoms with Crippen LogP contribution in [0.3, 0.4) is 0 Å². The van der Waals surface area contributed by atoms with Crippen LogP contribution in [0.5, 0.6) is 0 Å². The van der Waals surface area contributed by atoms with Crippen LogP contribution in [-0.2, 0) is 18.1 Å². The third-order valence-electron chi connectivity index (χ3n) is 4.46. The Hall–Kier alpha value is -3.40. The normalized spacial score (nSPS) is 10.8. The van der Waals surface area contributed by atoms with Crippen molar-refractivity contribution in [3.8, 4) is 0 Å². The number of aryl methyl sites for hydroxylation is 1. The SMILES string of the molecule is Cc1nc(NCc2cccc3cc[n+](O)cc23)n2ncc(C(C)C)c2n1.O=S=O. The van der Waals surface area contributed by atoms with Crippen molar-refractivity contribution in [2.75, 3.05) is 5.32 Å². The molecule has 4 aromatic rings. The number of pyridine rings is 1. The molecule has 0 atom stereocenters. The van der Waals surface area contributed by atoms with E-state index in [2.05, 4.69) is 34.2 Å². The Morgan fingerprint density at radius 1 is 1.24 bits per heavy atom. The van der Waals surface area contributed by atoms with Crippen LogP contribution in [0, 0.1) is 6.92 Å². The van der Waals surface area contributed by atoms with Gasteiger partial charge in [-0.25, -0.2) is 4.98 Å². The van der Waals surface area contributed by atoms with Crippen molar-refractivity contribution in [2.45, 2.75) is 33.2 Å². The molecule has 150 valence electrons. The quantitative estimate of drug-likeness (QED) is 0.389. The Labute approximate surface area is 170 Å². The van der Waals surface area contributed by atoms with Gasteiger partial charge in [-0.3, -0.25) is 5.21 Å². The summed E-state index contributed by atoms with van der Waals surface area (Å²) < 4.78 is 19.4. The molecule has 0 aliphatic rings. The average Bonchev–Trinajstić information content (AvgIpc) is 3.10. The van der Waals surface area contributed by atoms with E-state index in [1.165, 1.54) is 0 Å². The maximum Gasteiger partial charge on any atom is 0.335 e. The van der Waals surface area contributed by atoms with E-state index >= 15 is 0 Å². The maximum absolute atomic E-state index is 9.73. The summed E-state index contributed by atoms with van der Waals surface area (Å²) in [6, 6.07) is 7.94. The minimum Gasteiger partial charge on any atom is -0.350 e. The fraction of sp³-hybridized carbons (Fsp3) is 0.263. The largest absolute Gasteiger partial charge is 0.350 e. The van der Waals surface area contributed by atoms with Crippen LogP contribution in [0.15, 0.2) is 42.9 Å². The predicted octanol–water partition coefficient (Wildman–Crippen LogP) is 2.18. The van der Waals surface area contributed by atoms with Gasteiger partial charge in [0.05, 0.1) is 11.6 Å². The van der Waals surface area contributed by atoms with Crippen molar-refractivity contribution >= 4 is 33.9 Å². The lowest BCUT2D eigenvalue weighted by molar-refractivity contribution is -0.904. The smallest absolute Gasteiger partial charge is 0.335 e. The predicted molar refractivity (Wildman–Crippen MR) is 107 cm³/mol. The van der Waals surface area contributed by atoms with Gasteiger partial charge in [-0.05, 0) is 23.8 Å². The molecule has 29 heavy (non-hydrogen) atoms. The molecule has 4 rings (SSSR count). The molecule has 0 unspecified atom stereocenters. The van der Waals surface area contributed by atoms with Crippen molar-refractivity contribution in [3.63, 3.8) is 0 Å². The monoisotopic (exact) mass is 413 g/mol. The molecule has 0 spiro atoms. The fourth-order valence-electron chi connectivity index (χ4n) is 3.12. The zero-order valence-corrected chi connectivity index (χ0v) is 17.1. The Bertz CT molecular complexity index is 1200. The number of benzene rings is 1. The first-order chi connectivity index (χ1) is 13.9. The Morgan fingerprint density at radius 2 is 2.00 bits per heavy atom. The van der Waals surface area contributed by atoms with E-state index in [0.717, 1.165) is 32.3 Å². The van der Waals surface area contributed by atoms with Gasteiger partial charge >= 0.3 is 11.6 Å². The molecule has 0 bridgehead atoms. The van der Waals surface area contributed by atoms with Gasteiger partial charge in [-0.2, -0.15) is 23.0 Å². The summed E-state index contributed by atoms with van der Waals surface area (Å²) in [7, 11) is 0. The second-order valence-corrected chi connectivity index (χ2v) is 6.89. The van der Waals surface area contributed by atoms with E-state index in [9.17, 15) is 5.21 Å². The molecule has 0 aliphatic carbocycles. The highest BCUT2D eigenvalue weighted by atomic mass is 32.1. The molecule has 9 nitrogen and oxygen atoms in total. The zero-order valence-electron chi connectivity index (χ0n) is 16.2. The molecule has 0 amide bonds. The standard InChI is InChI=1S/C19H21N6O.O2S/c1-12(2)16-10-21-25-18(16)22-13(3)23-19(25)20-9-15-6-4-5-14-7-8-24(26)11-17(14)15;1-3-2/h4-8,10-12,26H,9H2,1-3H3,(H,20,22,23);/q+1;. The number of nitrogens with zero attached hydrogens (tertiary/aromatic N) is 5. The molecular formula is C19H21N6O3S+. The van der Waals surface area contributed by atoms with Crippen molar-refractivity contribution < 1.29 is 18.4 Å². The minimum absolute atomic E-state index is 0.340. The van der Waals surface area contributed by atoms with Crippen molar-refractivity contribution in [1.82, 2.24) is 19.6 Å². The highest BCUT2D eigenvalue weighted by molar-refractivity contribution is 7.51. The van der Waals surface area contributed by atoms with Gasteiger partial charge in [-0.1, -0.05) is 32.0 Å². The van der Waals surface area contributed by atoms with Gasteiger partial charge < -0.3 is 5.32 Å². The molecule has 3 aromatic heterocycles. The van der Waals surface area contributed by atoms with Crippen LogP contribution in [0.1, 0.15) is 36.7 Å². The molecule has 1 aromatic carbocycles. The van der Waals surface area contributed by atoms with Crippen LogP contribution >= 0.6 is 0 Å². The molecular weight excluding hydrogens is 392 g/mol. The van der Waals surface area contributed by atoms with Gasteiger partial charge in [0, 0.05) is 22.9 Å². The first kappa shape index (κ1) is 20.3. The summed E-state index contributed by atoms with van der Waals surface area (Å²) in [6.45, 7) is 6.70. The highest BCUT2D eigenvalue weighted by Gasteiger charge is 2.14. The summed E-state index contributed by atoms with van der Waals surface area (Å²) in [4.78, 5) is 9.06. The Kier molecular flexibility index (Phi) is 6.13. The summed E-state index contributed by atoms with van der Waals surface area (Å²) >= 11 is -0.750. The third kappa shape index (κ3) is 4.37. The number of nitrogens with one attached hydrogen (secondary N) is 1. The topological polar surface area (TPSA) is 113 Å². The summed E-state index contributed by atoms with van der Waals surface area (Å²) in [5.74, 6) is 1.70. The Morgan fingerprint density at radius 3 is 2.72 bits per heavy atom. The fourth-order valence-corrected chi connectivity index (χ4v) is 3.12. The van der Waals surface area contributed by atoms with Crippen LogP contribution in [0.4, 0.5) is 5.95 Å². The lowest BCUT2D eigenvalue weighted by Crippen LogP contribution is -2.28. The lowest BCUT2D eigenvalue weighted by Gasteiger charge is -2.10. The number of aromatic nitrogens is 5. The van der Waals surface area contributed by atoms with Crippen molar-refractivity contribution in [1.29, 1.82) is 0 Å². The van der Waals surface area contributed by atoms with Crippen molar-refractivity contribution in [2.24, 2.45) is 0 Å². The number of hydrogen-bond acceptors (Lipinski definition) is 7. The van der Waals surface area contributed by atoms with Crippen LogP contribution in [0.2, 0.25) is 0 Å². The molecule has 0 radical (unpaired) electrons. The summed E-state index contributed by atoms with van der Waals surface area (Å²) in [5.41, 5.74) is 3.00. The third-order valence-corrected chi connectivity index (χ3v) is 4.46. The number of anilines is 1.